The summed E-state index contributed by atoms with van der Waals surface area (Å²) < 4.78 is 5.58. The smallest absolute Gasteiger partial charge is 0.188 e. The molecule has 0 saturated carbocycles. The summed E-state index contributed by atoms with van der Waals surface area (Å²) in [7, 11) is 0. The lowest BCUT2D eigenvalue weighted by Gasteiger charge is -2.07. The predicted molar refractivity (Wildman–Crippen MR) is 68.3 cm³/mol. The van der Waals surface area contributed by atoms with Gasteiger partial charge in [0.05, 0.1) is 5.02 Å². The normalized spacial score (nSPS) is 11.3. The summed E-state index contributed by atoms with van der Waals surface area (Å²) in [4.78, 5) is 3.95. The summed E-state index contributed by atoms with van der Waals surface area (Å²) >= 11 is 5.97. The van der Waals surface area contributed by atoms with Crippen LogP contribution in [0.15, 0.2) is 47.8 Å². The van der Waals surface area contributed by atoms with Crippen LogP contribution in [0.4, 0.5) is 0 Å². The average molecular weight is 264 g/mol. The first-order chi connectivity index (χ1) is 8.70. The lowest BCUT2D eigenvalue weighted by atomic mass is 10.3. The Hall–Kier alpha value is -2.27. The Bertz CT molecular complexity index is 587. The minimum Gasteiger partial charge on any atom is -0.456 e. The number of aromatic nitrogens is 1. The highest BCUT2D eigenvalue weighted by atomic mass is 35.5. The Balaban J connectivity index is 2.28. The van der Waals surface area contributed by atoms with Gasteiger partial charge >= 0.3 is 0 Å². The largest absolute Gasteiger partial charge is 0.456 e. The van der Waals surface area contributed by atoms with Crippen molar-refractivity contribution in [1.82, 2.24) is 4.98 Å². The van der Waals surface area contributed by atoms with Crippen molar-refractivity contribution < 1.29 is 9.94 Å². The molecule has 0 radical (unpaired) electrons. The van der Waals surface area contributed by atoms with Crippen LogP contribution in [0, 0.1) is 0 Å². The topological polar surface area (TPSA) is 80.7 Å². The molecule has 1 aromatic heterocycles. The quantitative estimate of drug-likeness (QED) is 0.386. The van der Waals surface area contributed by atoms with Crippen molar-refractivity contribution >= 4 is 17.4 Å². The van der Waals surface area contributed by atoms with Crippen LogP contribution < -0.4 is 10.5 Å². The van der Waals surface area contributed by atoms with Gasteiger partial charge in [-0.3, -0.25) is 4.98 Å². The molecular formula is C12H10ClN3O2. The van der Waals surface area contributed by atoms with Crippen molar-refractivity contribution in [2.75, 3.05) is 0 Å². The SMILES string of the molecule is NC(=NO)c1cc(Oc2ccccc2Cl)ccn1. The first-order valence-corrected chi connectivity index (χ1v) is 5.45. The summed E-state index contributed by atoms with van der Waals surface area (Å²) in [5.74, 6) is 0.940. The van der Waals surface area contributed by atoms with Gasteiger partial charge in [-0.05, 0) is 18.2 Å². The second kappa shape index (κ2) is 5.37. The number of amidine groups is 1. The molecule has 1 heterocycles. The molecule has 18 heavy (non-hydrogen) atoms. The van der Waals surface area contributed by atoms with Gasteiger partial charge in [-0.2, -0.15) is 0 Å². The third-order valence-corrected chi connectivity index (χ3v) is 2.48. The third-order valence-electron chi connectivity index (χ3n) is 2.17. The molecule has 0 amide bonds. The van der Waals surface area contributed by atoms with Gasteiger partial charge in [-0.15, -0.1) is 0 Å². The van der Waals surface area contributed by atoms with Gasteiger partial charge in [-0.1, -0.05) is 28.9 Å². The molecule has 0 spiro atoms. The molecule has 92 valence electrons. The van der Waals surface area contributed by atoms with Gasteiger partial charge in [0.25, 0.3) is 0 Å². The summed E-state index contributed by atoms with van der Waals surface area (Å²) in [5, 5.41) is 11.9. The summed E-state index contributed by atoms with van der Waals surface area (Å²) in [6.45, 7) is 0. The number of nitrogens with zero attached hydrogens (tertiary/aromatic N) is 2. The van der Waals surface area contributed by atoms with E-state index < -0.39 is 0 Å². The molecule has 0 fully saturated rings. The molecule has 0 saturated heterocycles. The highest BCUT2D eigenvalue weighted by Gasteiger charge is 2.05. The molecule has 3 N–H and O–H groups in total. The number of hydrogen-bond donors (Lipinski definition) is 2. The minimum atomic E-state index is -0.0837. The van der Waals surface area contributed by atoms with Crippen molar-refractivity contribution in [3.05, 3.63) is 53.3 Å². The zero-order valence-electron chi connectivity index (χ0n) is 9.25. The second-order valence-electron chi connectivity index (χ2n) is 3.39. The maximum absolute atomic E-state index is 8.57. The van der Waals surface area contributed by atoms with Crippen LogP contribution in [0.25, 0.3) is 0 Å². The fraction of sp³-hybridized carbons (Fsp3) is 0. The molecule has 0 aliphatic carbocycles. The molecule has 0 atom stereocenters. The number of halogens is 1. The zero-order valence-corrected chi connectivity index (χ0v) is 10.0. The van der Waals surface area contributed by atoms with Crippen LogP contribution in [-0.2, 0) is 0 Å². The Morgan fingerprint density at radius 1 is 1.33 bits per heavy atom. The van der Waals surface area contributed by atoms with Gasteiger partial charge in [0.15, 0.2) is 5.84 Å². The fourth-order valence-electron chi connectivity index (χ4n) is 1.32. The maximum Gasteiger partial charge on any atom is 0.188 e. The van der Waals surface area contributed by atoms with Crippen LogP contribution in [0.1, 0.15) is 5.69 Å². The van der Waals surface area contributed by atoms with Gasteiger partial charge in [0.1, 0.15) is 17.2 Å². The van der Waals surface area contributed by atoms with E-state index in [0.717, 1.165) is 0 Å². The number of nitrogens with two attached hydrogens (primary N) is 1. The standard InChI is InChI=1S/C12H10ClN3O2/c13-9-3-1-2-4-11(9)18-8-5-6-15-10(7-8)12(14)16-17/h1-7,17H,(H2,14,16). The number of rotatable bonds is 3. The minimum absolute atomic E-state index is 0.0837. The monoisotopic (exact) mass is 263 g/mol. The summed E-state index contributed by atoms with van der Waals surface area (Å²) in [5.41, 5.74) is 5.76. The Kier molecular flexibility index (Phi) is 3.64. The van der Waals surface area contributed by atoms with Crippen LogP contribution in [0.3, 0.4) is 0 Å². The van der Waals surface area contributed by atoms with Crippen molar-refractivity contribution in [3.63, 3.8) is 0 Å². The van der Waals surface area contributed by atoms with E-state index in [1.807, 2.05) is 12.1 Å². The highest BCUT2D eigenvalue weighted by Crippen LogP contribution is 2.28. The highest BCUT2D eigenvalue weighted by molar-refractivity contribution is 6.32. The molecule has 1 aromatic carbocycles. The zero-order chi connectivity index (χ0) is 13.0. The van der Waals surface area contributed by atoms with E-state index >= 15 is 0 Å². The first kappa shape index (κ1) is 12.2. The Morgan fingerprint density at radius 3 is 2.83 bits per heavy atom. The van der Waals surface area contributed by atoms with Gasteiger partial charge in [0.2, 0.25) is 0 Å². The Morgan fingerprint density at radius 2 is 2.11 bits per heavy atom. The predicted octanol–water partition coefficient (Wildman–Crippen LogP) is 2.62. The van der Waals surface area contributed by atoms with E-state index in [1.54, 1.807) is 24.3 Å². The van der Waals surface area contributed by atoms with Crippen LogP contribution in [0.5, 0.6) is 11.5 Å². The van der Waals surface area contributed by atoms with Gasteiger partial charge < -0.3 is 15.7 Å². The molecule has 0 aliphatic rings. The van der Waals surface area contributed by atoms with Gasteiger partial charge in [-0.25, -0.2) is 0 Å². The number of benzene rings is 1. The molecule has 6 heteroatoms. The number of ether oxygens (including phenoxy) is 1. The lowest BCUT2D eigenvalue weighted by molar-refractivity contribution is 0.318. The van der Waals surface area contributed by atoms with E-state index in [2.05, 4.69) is 10.1 Å². The molecule has 5 nitrogen and oxygen atoms in total. The summed E-state index contributed by atoms with van der Waals surface area (Å²) in [6, 6.07) is 10.3. The molecule has 0 bridgehead atoms. The molecule has 2 aromatic rings. The van der Waals surface area contributed by atoms with Crippen LogP contribution in [-0.4, -0.2) is 16.0 Å². The average Bonchev–Trinajstić information content (AvgIpc) is 2.41. The molecular weight excluding hydrogens is 254 g/mol. The molecule has 0 unspecified atom stereocenters. The van der Waals surface area contributed by atoms with Crippen molar-refractivity contribution in [3.8, 4) is 11.5 Å². The third kappa shape index (κ3) is 2.70. The van der Waals surface area contributed by atoms with Crippen molar-refractivity contribution in [2.45, 2.75) is 0 Å². The van der Waals surface area contributed by atoms with E-state index in [4.69, 9.17) is 27.3 Å². The van der Waals surface area contributed by atoms with Crippen LogP contribution >= 0.6 is 11.6 Å². The number of para-hydroxylation sites is 1. The molecule has 0 aliphatic heterocycles. The lowest BCUT2D eigenvalue weighted by Crippen LogP contribution is -2.14. The second-order valence-corrected chi connectivity index (χ2v) is 3.80. The van der Waals surface area contributed by atoms with E-state index in [1.165, 1.54) is 6.20 Å². The van der Waals surface area contributed by atoms with E-state index in [-0.39, 0.29) is 5.84 Å². The van der Waals surface area contributed by atoms with Crippen molar-refractivity contribution in [2.24, 2.45) is 10.9 Å². The number of hydrogen-bond acceptors (Lipinski definition) is 4. The first-order valence-electron chi connectivity index (χ1n) is 5.07. The summed E-state index contributed by atoms with van der Waals surface area (Å²) in [6.07, 6.45) is 1.50. The van der Waals surface area contributed by atoms with Crippen molar-refractivity contribution in [1.29, 1.82) is 0 Å². The fourth-order valence-corrected chi connectivity index (χ4v) is 1.49. The molecule has 2 rings (SSSR count). The van der Waals surface area contributed by atoms with E-state index in [9.17, 15) is 0 Å². The van der Waals surface area contributed by atoms with Gasteiger partial charge in [0, 0.05) is 12.3 Å². The maximum atomic E-state index is 8.57. The number of pyridine rings is 1. The Labute approximate surface area is 108 Å². The van der Waals surface area contributed by atoms with E-state index in [0.29, 0.717) is 22.2 Å². The number of oxime groups is 1. The van der Waals surface area contributed by atoms with Crippen LogP contribution in [0.2, 0.25) is 5.02 Å².